The average molecular weight is 360 g/mol. The van der Waals surface area contributed by atoms with Crippen LogP contribution < -0.4 is 19.5 Å². The van der Waals surface area contributed by atoms with E-state index in [2.05, 4.69) is 5.32 Å². The zero-order valence-electron chi connectivity index (χ0n) is 15.0. The number of nitrogens with one attached hydrogen (secondary N) is 1. The number of carbonyl (C=O) groups is 1. The van der Waals surface area contributed by atoms with E-state index >= 15 is 0 Å². The maximum atomic E-state index is 12.3. The summed E-state index contributed by atoms with van der Waals surface area (Å²) in [6.45, 7) is 1.81. The van der Waals surface area contributed by atoms with Crippen LogP contribution in [0.15, 0.2) is 30.3 Å². The molecule has 1 amide bonds. The average Bonchev–Trinajstić information content (AvgIpc) is 2.65. The first-order valence-corrected chi connectivity index (χ1v) is 7.73. The van der Waals surface area contributed by atoms with Gasteiger partial charge in [-0.05, 0) is 30.7 Å². The van der Waals surface area contributed by atoms with Crippen LogP contribution in [-0.4, -0.2) is 32.2 Å². The fourth-order valence-electron chi connectivity index (χ4n) is 2.47. The van der Waals surface area contributed by atoms with E-state index in [4.69, 9.17) is 14.2 Å². The fourth-order valence-corrected chi connectivity index (χ4v) is 2.47. The maximum Gasteiger partial charge on any atom is 0.273 e. The van der Waals surface area contributed by atoms with Gasteiger partial charge in [-0.25, -0.2) is 0 Å². The molecule has 0 atom stereocenters. The molecule has 0 saturated carbocycles. The molecule has 1 N–H and O–H groups in total. The quantitative estimate of drug-likeness (QED) is 0.602. The van der Waals surface area contributed by atoms with Crippen molar-refractivity contribution in [1.82, 2.24) is 5.32 Å². The first kappa shape index (κ1) is 19.0. The molecular weight excluding hydrogens is 340 g/mol. The number of nitrogens with zero attached hydrogens (tertiary/aromatic N) is 1. The highest BCUT2D eigenvalue weighted by Gasteiger charge is 2.16. The van der Waals surface area contributed by atoms with Crippen molar-refractivity contribution in [1.29, 1.82) is 0 Å². The van der Waals surface area contributed by atoms with Crippen LogP contribution in [0.5, 0.6) is 17.2 Å². The number of nitro benzene ring substituents is 1. The van der Waals surface area contributed by atoms with Gasteiger partial charge in [-0.3, -0.25) is 14.9 Å². The second-order valence-electron chi connectivity index (χ2n) is 5.47. The van der Waals surface area contributed by atoms with E-state index in [-0.39, 0.29) is 17.8 Å². The van der Waals surface area contributed by atoms with Crippen molar-refractivity contribution in [2.45, 2.75) is 13.5 Å². The summed E-state index contributed by atoms with van der Waals surface area (Å²) in [7, 11) is 4.52. The summed E-state index contributed by atoms with van der Waals surface area (Å²) in [5, 5.41) is 13.7. The van der Waals surface area contributed by atoms with E-state index in [1.54, 1.807) is 31.2 Å². The molecule has 0 bridgehead atoms. The molecule has 0 aliphatic carbocycles. The molecule has 0 fully saturated rings. The van der Waals surface area contributed by atoms with E-state index in [0.29, 0.717) is 22.8 Å². The normalized spacial score (nSPS) is 10.2. The molecule has 138 valence electrons. The van der Waals surface area contributed by atoms with Crippen molar-refractivity contribution < 1.29 is 23.9 Å². The number of methoxy groups -OCH3 is 3. The van der Waals surface area contributed by atoms with Gasteiger partial charge in [-0.2, -0.15) is 0 Å². The third-order valence-electron chi connectivity index (χ3n) is 3.85. The summed E-state index contributed by atoms with van der Waals surface area (Å²) in [4.78, 5) is 22.8. The van der Waals surface area contributed by atoms with Crippen LogP contribution >= 0.6 is 0 Å². The van der Waals surface area contributed by atoms with Crippen LogP contribution in [0.4, 0.5) is 5.69 Å². The van der Waals surface area contributed by atoms with Gasteiger partial charge in [-0.15, -0.1) is 0 Å². The highest BCUT2D eigenvalue weighted by molar-refractivity contribution is 5.95. The van der Waals surface area contributed by atoms with Crippen molar-refractivity contribution in [3.05, 3.63) is 57.1 Å². The Labute approximate surface area is 150 Å². The molecule has 0 aromatic heterocycles. The number of ether oxygens (including phenoxy) is 3. The number of amides is 1. The lowest BCUT2D eigenvalue weighted by atomic mass is 10.1. The third kappa shape index (κ3) is 4.02. The predicted octanol–water partition coefficient (Wildman–Crippen LogP) is 2.86. The standard InChI is InChI=1S/C18H20N2O6/c1-11-5-6-13(9-14(11)20(22)23)18(21)19-10-12-7-15(24-2)17(26-4)16(8-12)25-3/h5-9H,10H2,1-4H3,(H,19,21). The molecule has 0 aliphatic heterocycles. The summed E-state index contributed by atoms with van der Waals surface area (Å²) in [6, 6.07) is 7.80. The Bertz CT molecular complexity index is 809. The maximum absolute atomic E-state index is 12.3. The fraction of sp³-hybridized carbons (Fsp3) is 0.278. The summed E-state index contributed by atoms with van der Waals surface area (Å²) < 4.78 is 15.8. The van der Waals surface area contributed by atoms with Gasteiger partial charge in [-0.1, -0.05) is 6.07 Å². The Morgan fingerprint density at radius 2 is 1.69 bits per heavy atom. The lowest BCUT2D eigenvalue weighted by molar-refractivity contribution is -0.385. The Morgan fingerprint density at radius 1 is 1.08 bits per heavy atom. The topological polar surface area (TPSA) is 99.9 Å². The van der Waals surface area contributed by atoms with Gasteiger partial charge in [0, 0.05) is 23.7 Å². The molecular formula is C18H20N2O6. The van der Waals surface area contributed by atoms with Crippen molar-refractivity contribution >= 4 is 11.6 Å². The molecule has 0 unspecified atom stereocenters. The number of hydrogen-bond donors (Lipinski definition) is 1. The van der Waals surface area contributed by atoms with Crippen LogP contribution in [-0.2, 0) is 6.54 Å². The molecule has 8 nitrogen and oxygen atoms in total. The molecule has 2 aromatic carbocycles. The van der Waals surface area contributed by atoms with Crippen molar-refractivity contribution in [3.63, 3.8) is 0 Å². The van der Waals surface area contributed by atoms with Crippen LogP contribution in [0.3, 0.4) is 0 Å². The smallest absolute Gasteiger partial charge is 0.273 e. The number of nitro groups is 1. The SMILES string of the molecule is COc1cc(CNC(=O)c2ccc(C)c([N+](=O)[O-])c2)cc(OC)c1OC. The minimum Gasteiger partial charge on any atom is -0.493 e. The van der Waals surface area contributed by atoms with Gasteiger partial charge >= 0.3 is 0 Å². The first-order valence-electron chi connectivity index (χ1n) is 7.73. The molecule has 26 heavy (non-hydrogen) atoms. The zero-order chi connectivity index (χ0) is 19.3. The molecule has 0 spiro atoms. The zero-order valence-corrected chi connectivity index (χ0v) is 15.0. The van der Waals surface area contributed by atoms with E-state index < -0.39 is 10.8 Å². The number of aryl methyl sites for hydroxylation is 1. The minimum atomic E-state index is -0.509. The van der Waals surface area contributed by atoms with Crippen molar-refractivity contribution in [2.24, 2.45) is 0 Å². The molecule has 2 rings (SSSR count). The number of carbonyl (C=O) groups excluding carboxylic acids is 1. The summed E-state index contributed by atoms with van der Waals surface area (Å²) in [5.41, 5.74) is 1.35. The van der Waals surface area contributed by atoms with Crippen LogP contribution in [0.1, 0.15) is 21.5 Å². The monoisotopic (exact) mass is 360 g/mol. The first-order chi connectivity index (χ1) is 12.4. The molecule has 0 saturated heterocycles. The summed E-state index contributed by atoms with van der Waals surface area (Å²) >= 11 is 0. The van der Waals surface area contributed by atoms with Gasteiger partial charge in [0.2, 0.25) is 5.75 Å². The predicted molar refractivity (Wildman–Crippen MR) is 95.1 cm³/mol. The van der Waals surface area contributed by atoms with Gasteiger partial charge < -0.3 is 19.5 Å². The van der Waals surface area contributed by atoms with E-state index in [1.807, 2.05) is 0 Å². The van der Waals surface area contributed by atoms with Gasteiger partial charge in [0.15, 0.2) is 11.5 Å². The Balaban J connectivity index is 2.19. The number of benzene rings is 2. The Morgan fingerprint density at radius 3 is 2.19 bits per heavy atom. The third-order valence-corrected chi connectivity index (χ3v) is 3.85. The van der Waals surface area contributed by atoms with E-state index in [1.165, 1.54) is 27.4 Å². The van der Waals surface area contributed by atoms with E-state index in [9.17, 15) is 14.9 Å². The number of hydrogen-bond acceptors (Lipinski definition) is 6. The molecule has 8 heteroatoms. The second kappa shape index (κ2) is 8.19. The molecule has 2 aromatic rings. The largest absolute Gasteiger partial charge is 0.493 e. The van der Waals surface area contributed by atoms with E-state index in [0.717, 1.165) is 5.56 Å². The Hall–Kier alpha value is -3.29. The molecule has 0 aliphatic rings. The minimum absolute atomic E-state index is 0.0922. The van der Waals surface area contributed by atoms with Gasteiger partial charge in [0.25, 0.3) is 11.6 Å². The van der Waals surface area contributed by atoms with Crippen molar-refractivity contribution in [2.75, 3.05) is 21.3 Å². The second-order valence-corrected chi connectivity index (χ2v) is 5.47. The molecule has 0 radical (unpaired) electrons. The van der Waals surface area contributed by atoms with Gasteiger partial charge in [0.05, 0.1) is 26.3 Å². The highest BCUT2D eigenvalue weighted by Crippen LogP contribution is 2.38. The van der Waals surface area contributed by atoms with Crippen LogP contribution in [0.2, 0.25) is 0 Å². The van der Waals surface area contributed by atoms with Crippen LogP contribution in [0.25, 0.3) is 0 Å². The summed E-state index contributed by atoms with van der Waals surface area (Å²) in [6.07, 6.45) is 0. The van der Waals surface area contributed by atoms with Crippen LogP contribution in [0, 0.1) is 17.0 Å². The van der Waals surface area contributed by atoms with Gasteiger partial charge in [0.1, 0.15) is 0 Å². The summed E-state index contributed by atoms with van der Waals surface area (Å²) in [5.74, 6) is 0.991. The number of rotatable bonds is 7. The molecule has 0 heterocycles. The highest BCUT2D eigenvalue weighted by atomic mass is 16.6. The van der Waals surface area contributed by atoms with Crippen molar-refractivity contribution in [3.8, 4) is 17.2 Å². The lowest BCUT2D eigenvalue weighted by Crippen LogP contribution is -2.23. The lowest BCUT2D eigenvalue weighted by Gasteiger charge is -2.14. The Kier molecular flexibility index (Phi) is 6.00.